The predicted octanol–water partition coefficient (Wildman–Crippen LogP) is -0.574. The summed E-state index contributed by atoms with van der Waals surface area (Å²) in [5, 5.41) is 61.7. The smallest absolute Gasteiger partial charge is 0.374 e. The van der Waals surface area contributed by atoms with Crippen LogP contribution < -0.4 is 31.9 Å². The highest BCUT2D eigenvalue weighted by Gasteiger charge is 2.41. The van der Waals surface area contributed by atoms with Crippen LogP contribution in [0.4, 0.5) is 0 Å². The minimum Gasteiger partial charge on any atom is -0.481 e. The van der Waals surface area contributed by atoms with Crippen LogP contribution in [0.3, 0.4) is 0 Å². The van der Waals surface area contributed by atoms with Crippen LogP contribution >= 0.6 is 12.6 Å². The van der Waals surface area contributed by atoms with Crippen LogP contribution in [0.2, 0.25) is 0 Å². The number of rotatable bonds is 27. The zero-order chi connectivity index (χ0) is 50.7. The second-order valence-electron chi connectivity index (χ2n) is 16.0. The van der Waals surface area contributed by atoms with Crippen LogP contribution in [0, 0.1) is 11.8 Å². The van der Waals surface area contributed by atoms with Crippen molar-refractivity contribution < 1.29 is 83.1 Å². The van der Waals surface area contributed by atoms with Crippen LogP contribution in [0.15, 0.2) is 60.7 Å². The monoisotopic (exact) mass is 970 g/mol. The quantitative estimate of drug-likeness (QED) is 0.0303. The molecule has 1 fully saturated rings. The third-order valence-electron chi connectivity index (χ3n) is 11.0. The van der Waals surface area contributed by atoms with Gasteiger partial charge in [0.1, 0.15) is 36.3 Å². The average molecular weight is 971 g/mol. The number of hydrogen-bond acceptors (Lipinski definition) is 13. The molecule has 1 saturated carbocycles. The maximum Gasteiger partial charge on any atom is 0.374 e. The van der Waals surface area contributed by atoms with E-state index in [0.29, 0.717) is 24.0 Å². The van der Waals surface area contributed by atoms with Crippen molar-refractivity contribution in [2.24, 2.45) is 11.8 Å². The van der Waals surface area contributed by atoms with Crippen LogP contribution in [0.1, 0.15) is 81.8 Å². The highest BCUT2D eigenvalue weighted by atomic mass is 32.1. The van der Waals surface area contributed by atoms with Crippen molar-refractivity contribution in [3.63, 3.8) is 0 Å². The van der Waals surface area contributed by atoms with Gasteiger partial charge in [0.2, 0.25) is 35.4 Å². The van der Waals surface area contributed by atoms with Gasteiger partial charge >= 0.3 is 29.8 Å². The lowest BCUT2D eigenvalue weighted by Crippen LogP contribution is -2.61. The molecule has 3 rings (SSSR count). The van der Waals surface area contributed by atoms with Crippen LogP contribution in [-0.4, -0.2) is 139 Å². The Morgan fingerprint density at radius 3 is 1.41 bits per heavy atom. The number of nitrogens with one attached hydrogen (secondary N) is 6. The molecule has 6 amide bonds. The number of Topliss-reactive ketones (excluding diaryl/α,β-unsaturated/α-hetero) is 1. The molecule has 24 heteroatoms. The average Bonchev–Trinajstić information content (AvgIpc) is 3.28. The molecule has 6 atom stereocenters. The Hall–Kier alpha value is -7.37. The molecule has 0 heterocycles. The lowest BCUT2D eigenvalue weighted by Gasteiger charge is -2.32. The van der Waals surface area contributed by atoms with E-state index in [4.69, 9.17) is 0 Å². The highest BCUT2D eigenvalue weighted by Crippen LogP contribution is 2.30. The number of carbonyl (C=O) groups is 12. The number of carbonyl (C=O) groups excluding carboxylic acids is 7. The minimum atomic E-state index is -2.39. The van der Waals surface area contributed by atoms with E-state index in [0.717, 1.165) is 26.2 Å². The molecular weight excluding hydrogens is 917 g/mol. The van der Waals surface area contributed by atoms with Crippen molar-refractivity contribution >= 4 is 83.7 Å². The topological polar surface area (TPSA) is 378 Å². The molecule has 68 heavy (non-hydrogen) atoms. The highest BCUT2D eigenvalue weighted by molar-refractivity contribution is 7.80. The summed E-state index contributed by atoms with van der Waals surface area (Å²) in [5.74, 6) is -21.8. The molecule has 1 aliphatic rings. The summed E-state index contributed by atoms with van der Waals surface area (Å²) in [7, 11) is 0. The summed E-state index contributed by atoms with van der Waals surface area (Å²) in [6, 6.07) is 4.56. The summed E-state index contributed by atoms with van der Waals surface area (Å²) in [6.45, 7) is 0.945. The number of benzene rings is 2. The van der Waals surface area contributed by atoms with E-state index in [1.54, 1.807) is 60.7 Å². The molecule has 368 valence electrons. The Morgan fingerprint density at radius 2 is 0.971 bits per heavy atom. The van der Waals surface area contributed by atoms with Gasteiger partial charge < -0.3 is 57.4 Å². The Labute approximate surface area is 394 Å². The van der Waals surface area contributed by atoms with Crippen molar-refractivity contribution in [3.8, 4) is 0 Å². The Morgan fingerprint density at radius 1 is 0.544 bits per heavy atom. The SMILES string of the molecule is CC(=O)N[C@@H](CC(=O)O)C(=O)N[C@H](CC(C(=O)O)C(=O)O)C(=O)N[C@H](C(=O)N[C@@H](CC(=O)O)C(=O)N[C@@H](CC1CCCCC1)C(=O)N[C@@H](CS)C(=O)C(=O)O)C(c1ccccc1)c1ccccc1. The summed E-state index contributed by atoms with van der Waals surface area (Å²) >= 11 is 3.97. The fourth-order valence-electron chi connectivity index (χ4n) is 7.65. The molecule has 0 aromatic heterocycles. The van der Waals surface area contributed by atoms with Crippen LogP contribution in [0.25, 0.3) is 0 Å². The number of hydrogen-bond donors (Lipinski definition) is 12. The number of thiol groups is 1. The number of carboxylic acid groups (broad SMARTS) is 5. The Bertz CT molecular complexity index is 2120. The molecule has 1 aliphatic carbocycles. The van der Waals surface area contributed by atoms with Gasteiger partial charge in [-0.2, -0.15) is 12.6 Å². The van der Waals surface area contributed by atoms with Gasteiger partial charge in [-0.3, -0.25) is 52.7 Å². The second kappa shape index (κ2) is 26.7. The molecule has 11 N–H and O–H groups in total. The summed E-state index contributed by atoms with van der Waals surface area (Å²) < 4.78 is 0. The van der Waals surface area contributed by atoms with Gasteiger partial charge in [-0.1, -0.05) is 92.8 Å². The number of aliphatic carboxylic acids is 5. The normalized spacial score (nSPS) is 15.2. The maximum absolute atomic E-state index is 14.8. The predicted molar refractivity (Wildman–Crippen MR) is 238 cm³/mol. The lowest BCUT2D eigenvalue weighted by molar-refractivity contribution is -0.156. The molecule has 0 unspecified atom stereocenters. The van der Waals surface area contributed by atoms with Crippen LogP contribution in [-0.2, 0) is 57.5 Å². The van der Waals surface area contributed by atoms with Crippen molar-refractivity contribution in [1.82, 2.24) is 31.9 Å². The molecule has 0 spiro atoms. The molecule has 23 nitrogen and oxygen atoms in total. The van der Waals surface area contributed by atoms with Gasteiger partial charge in [0, 0.05) is 25.0 Å². The molecule has 0 bridgehead atoms. The van der Waals surface area contributed by atoms with Gasteiger partial charge in [0.25, 0.3) is 5.78 Å². The van der Waals surface area contributed by atoms with E-state index in [2.05, 4.69) is 44.5 Å². The van der Waals surface area contributed by atoms with E-state index in [1.807, 2.05) is 0 Å². The first-order valence-corrected chi connectivity index (χ1v) is 21.9. The largest absolute Gasteiger partial charge is 0.481 e. The van der Waals surface area contributed by atoms with E-state index in [-0.39, 0.29) is 12.3 Å². The maximum atomic E-state index is 14.8. The molecule has 2 aromatic carbocycles. The van der Waals surface area contributed by atoms with Crippen molar-refractivity contribution in [1.29, 1.82) is 0 Å². The Balaban J connectivity index is 2.16. The van der Waals surface area contributed by atoms with Crippen molar-refractivity contribution in [2.75, 3.05) is 5.75 Å². The third-order valence-corrected chi connectivity index (χ3v) is 11.3. The van der Waals surface area contributed by atoms with Crippen LogP contribution in [0.5, 0.6) is 0 Å². The number of ketones is 1. The van der Waals surface area contributed by atoms with Gasteiger partial charge in [-0.05, 0) is 23.5 Å². The first-order chi connectivity index (χ1) is 32.1. The first-order valence-electron chi connectivity index (χ1n) is 21.3. The molecular formula is C44H54N6O17S. The molecule has 0 radical (unpaired) electrons. The van der Waals surface area contributed by atoms with E-state index in [9.17, 15) is 83.1 Å². The number of carboxylic acids is 5. The summed E-state index contributed by atoms with van der Waals surface area (Å²) in [4.78, 5) is 154. The minimum absolute atomic E-state index is 0.0370. The summed E-state index contributed by atoms with van der Waals surface area (Å²) in [6.07, 6.45) is 0.348. The van der Waals surface area contributed by atoms with E-state index in [1.165, 1.54) is 0 Å². The lowest BCUT2D eigenvalue weighted by atomic mass is 9.84. The van der Waals surface area contributed by atoms with Gasteiger partial charge in [0.05, 0.1) is 12.8 Å². The first kappa shape index (κ1) is 55.0. The standard InChI is InChI=1S/C44H54N6O17S/c1-22(51)45-29(19-32(52)53)38(58)47-28(18-26(42(62)63)43(64)65)40(60)50-35(34(24-13-7-3-8-14-24)25-15-9-4-10-16-25)41(61)48-30(20-33(54)55)39(59)46-27(17-23-11-5-2-6-12-23)37(57)49-31(21-68)36(56)44(66)67/h3-4,7-10,13-16,23,26-31,34-35,68H,2,5-6,11-12,17-21H2,1H3,(H,45,51)(H,46,59)(H,47,58)(H,48,61)(H,49,57)(H,50,60)(H,52,53)(H,54,55)(H,62,63)(H,64,65)(H,66,67)/t27-,28+,29-,30-,31-,35-/m0/s1. The number of amides is 6. The van der Waals surface area contributed by atoms with Crippen molar-refractivity contribution in [2.45, 2.75) is 107 Å². The zero-order valence-electron chi connectivity index (χ0n) is 36.6. The molecule has 2 aromatic rings. The van der Waals surface area contributed by atoms with Gasteiger partial charge in [-0.25, -0.2) is 4.79 Å². The molecule has 0 saturated heterocycles. The second-order valence-corrected chi connectivity index (χ2v) is 16.4. The summed E-state index contributed by atoms with van der Waals surface area (Å²) in [5.41, 5.74) is 0.637. The fourth-order valence-corrected chi connectivity index (χ4v) is 7.91. The Kier molecular flexibility index (Phi) is 21.6. The zero-order valence-corrected chi connectivity index (χ0v) is 37.5. The fraction of sp³-hybridized carbons (Fsp3) is 0.455. The van der Waals surface area contributed by atoms with Gasteiger partial charge in [-0.15, -0.1) is 0 Å². The third kappa shape index (κ3) is 17.1. The van der Waals surface area contributed by atoms with E-state index >= 15 is 0 Å². The van der Waals surface area contributed by atoms with Gasteiger partial charge in [0.15, 0.2) is 5.92 Å². The van der Waals surface area contributed by atoms with E-state index < -0.39 is 144 Å². The van der Waals surface area contributed by atoms with Crippen molar-refractivity contribution in [3.05, 3.63) is 71.8 Å². The molecule has 0 aliphatic heterocycles.